The van der Waals surface area contributed by atoms with Crippen molar-refractivity contribution < 1.29 is 4.39 Å². The van der Waals surface area contributed by atoms with E-state index in [1.807, 2.05) is 40.6 Å². The van der Waals surface area contributed by atoms with Crippen molar-refractivity contribution in [1.82, 2.24) is 4.98 Å². The lowest BCUT2D eigenvalue weighted by molar-refractivity contribution is 0.628. The fraction of sp³-hybridized carbons (Fsp3) is 0.136. The molecule has 2 aromatic carbocycles. The molecule has 3 heteroatoms. The number of pyridine rings is 1. The number of hydrogen-bond donors (Lipinski definition) is 0. The van der Waals surface area contributed by atoms with Crippen molar-refractivity contribution >= 4 is 28.7 Å². The van der Waals surface area contributed by atoms with Gasteiger partial charge in [0.05, 0.1) is 5.69 Å². The molecule has 1 aromatic heterocycles. The number of rotatable bonds is 4. The number of hydrogen-bond acceptors (Lipinski definition) is 1. The van der Waals surface area contributed by atoms with Gasteiger partial charge in [-0.15, -0.1) is 0 Å². The third kappa shape index (κ3) is 3.82. The quantitative estimate of drug-likeness (QED) is 0.393. The normalized spacial score (nSPS) is 11.4. The summed E-state index contributed by atoms with van der Waals surface area (Å²) in [4.78, 5) is 4.53. The zero-order chi connectivity index (χ0) is 17.8. The molecule has 1 nitrogen and oxygen atoms in total. The molecule has 0 saturated carbocycles. The Labute approximate surface area is 161 Å². The highest BCUT2D eigenvalue weighted by atomic mass is 127. The summed E-state index contributed by atoms with van der Waals surface area (Å²) in [5, 5.41) is 0. The minimum absolute atomic E-state index is 0.219. The van der Waals surface area contributed by atoms with Gasteiger partial charge in [0.15, 0.2) is 0 Å². The molecular formula is C22H19FIN. The fourth-order valence-corrected chi connectivity index (χ4v) is 3.49. The van der Waals surface area contributed by atoms with Crippen LogP contribution in [0.15, 0.2) is 64.9 Å². The van der Waals surface area contributed by atoms with Gasteiger partial charge < -0.3 is 0 Å². The molecule has 3 rings (SSSR count). The highest BCUT2D eigenvalue weighted by Crippen LogP contribution is 2.38. The summed E-state index contributed by atoms with van der Waals surface area (Å²) >= 11 is 2.24. The van der Waals surface area contributed by atoms with Crippen LogP contribution in [0.5, 0.6) is 0 Å². The Morgan fingerprint density at radius 1 is 0.960 bits per heavy atom. The monoisotopic (exact) mass is 443 g/mol. The van der Waals surface area contributed by atoms with Crippen LogP contribution in [0.1, 0.15) is 30.9 Å². The third-order valence-electron chi connectivity index (χ3n) is 4.19. The molecule has 0 N–H and O–H groups in total. The summed E-state index contributed by atoms with van der Waals surface area (Å²) < 4.78 is 15.3. The van der Waals surface area contributed by atoms with Crippen LogP contribution < -0.4 is 0 Å². The van der Waals surface area contributed by atoms with Crippen LogP contribution in [0.4, 0.5) is 4.39 Å². The van der Waals surface area contributed by atoms with Gasteiger partial charge in [-0.25, -0.2) is 4.39 Å². The van der Waals surface area contributed by atoms with Crippen LogP contribution in [-0.4, -0.2) is 4.98 Å². The van der Waals surface area contributed by atoms with Crippen LogP contribution >= 0.6 is 22.6 Å². The van der Waals surface area contributed by atoms with Gasteiger partial charge in [-0.3, -0.25) is 4.98 Å². The Morgan fingerprint density at radius 3 is 2.28 bits per heavy atom. The summed E-state index contributed by atoms with van der Waals surface area (Å²) in [6.45, 7) is 4.39. The zero-order valence-electron chi connectivity index (χ0n) is 14.2. The standard InChI is InChI=1S/C22H19FIN/c1-15(2)22-19(12-13-24)18(16-6-8-17(23)9-7-16)10-11-20(22)21-5-3-4-14-25-21/h3-15H,1-2H3. The van der Waals surface area contributed by atoms with Gasteiger partial charge >= 0.3 is 0 Å². The maximum absolute atomic E-state index is 13.3. The highest BCUT2D eigenvalue weighted by molar-refractivity contribution is 14.1. The third-order valence-corrected chi connectivity index (χ3v) is 4.55. The number of benzene rings is 2. The first-order valence-electron chi connectivity index (χ1n) is 8.23. The molecular weight excluding hydrogens is 424 g/mol. The molecule has 126 valence electrons. The van der Waals surface area contributed by atoms with Gasteiger partial charge in [-0.05, 0) is 62.6 Å². The Bertz CT molecular complexity index is 884. The van der Waals surface area contributed by atoms with Crippen LogP contribution in [-0.2, 0) is 0 Å². The van der Waals surface area contributed by atoms with E-state index < -0.39 is 0 Å². The number of nitrogens with zero attached hydrogens (tertiary/aromatic N) is 1. The molecule has 0 saturated heterocycles. The fourth-order valence-electron chi connectivity index (χ4n) is 3.13. The largest absolute Gasteiger partial charge is 0.256 e. The lowest BCUT2D eigenvalue weighted by atomic mass is 9.85. The van der Waals surface area contributed by atoms with Crippen molar-refractivity contribution in [3.8, 4) is 22.4 Å². The molecule has 0 amide bonds. The molecule has 0 aliphatic rings. The SMILES string of the molecule is CC(C)c1c(-c2ccccn2)ccc(-c2ccc(F)cc2)c1C=CI. The maximum atomic E-state index is 13.3. The molecule has 1 heterocycles. The van der Waals surface area contributed by atoms with E-state index in [9.17, 15) is 4.39 Å². The first kappa shape index (κ1) is 17.8. The van der Waals surface area contributed by atoms with Gasteiger partial charge in [-0.2, -0.15) is 0 Å². The van der Waals surface area contributed by atoms with E-state index in [0.29, 0.717) is 5.92 Å². The minimum Gasteiger partial charge on any atom is -0.256 e. The minimum atomic E-state index is -0.219. The van der Waals surface area contributed by atoms with E-state index >= 15 is 0 Å². The topological polar surface area (TPSA) is 12.9 Å². The summed E-state index contributed by atoms with van der Waals surface area (Å²) in [6, 6.07) is 16.9. The van der Waals surface area contributed by atoms with Gasteiger partial charge in [0.1, 0.15) is 5.82 Å². The van der Waals surface area contributed by atoms with Gasteiger partial charge in [-0.1, -0.05) is 66.8 Å². The van der Waals surface area contributed by atoms with Crippen LogP contribution in [0.25, 0.3) is 28.5 Å². The van der Waals surface area contributed by atoms with Gasteiger partial charge in [0.2, 0.25) is 0 Å². The number of halogens is 2. The van der Waals surface area contributed by atoms with Crippen molar-refractivity contribution in [2.45, 2.75) is 19.8 Å². The first-order valence-corrected chi connectivity index (χ1v) is 9.47. The second kappa shape index (κ2) is 7.91. The summed E-state index contributed by atoms with van der Waals surface area (Å²) in [5.74, 6) is 0.115. The van der Waals surface area contributed by atoms with E-state index in [0.717, 1.165) is 22.4 Å². The molecule has 0 aliphatic carbocycles. The molecule has 0 aliphatic heterocycles. The van der Waals surface area contributed by atoms with E-state index in [2.05, 4.69) is 59.6 Å². The second-order valence-corrected chi connectivity index (χ2v) is 6.88. The van der Waals surface area contributed by atoms with E-state index in [1.165, 1.54) is 23.3 Å². The van der Waals surface area contributed by atoms with E-state index in [4.69, 9.17) is 0 Å². The van der Waals surface area contributed by atoms with Crippen molar-refractivity contribution in [1.29, 1.82) is 0 Å². The summed E-state index contributed by atoms with van der Waals surface area (Å²) in [5.41, 5.74) is 6.66. The average molecular weight is 443 g/mol. The molecule has 0 bridgehead atoms. The van der Waals surface area contributed by atoms with Crippen molar-refractivity contribution in [3.63, 3.8) is 0 Å². The molecule has 0 fully saturated rings. The molecule has 0 radical (unpaired) electrons. The van der Waals surface area contributed by atoms with E-state index in [-0.39, 0.29) is 5.82 Å². The maximum Gasteiger partial charge on any atom is 0.123 e. The van der Waals surface area contributed by atoms with Crippen LogP contribution in [0.3, 0.4) is 0 Å². The van der Waals surface area contributed by atoms with Crippen molar-refractivity contribution in [3.05, 3.63) is 81.8 Å². The Hall–Kier alpha value is -2.01. The number of aromatic nitrogens is 1. The van der Waals surface area contributed by atoms with E-state index in [1.54, 1.807) is 0 Å². The lowest BCUT2D eigenvalue weighted by Gasteiger charge is -2.20. The predicted octanol–water partition coefficient (Wildman–Crippen LogP) is 7.08. The molecule has 25 heavy (non-hydrogen) atoms. The van der Waals surface area contributed by atoms with Crippen LogP contribution in [0.2, 0.25) is 0 Å². The van der Waals surface area contributed by atoms with Crippen molar-refractivity contribution in [2.24, 2.45) is 0 Å². The van der Waals surface area contributed by atoms with Crippen molar-refractivity contribution in [2.75, 3.05) is 0 Å². The smallest absolute Gasteiger partial charge is 0.123 e. The molecule has 0 unspecified atom stereocenters. The Morgan fingerprint density at radius 2 is 1.68 bits per heavy atom. The second-order valence-electron chi connectivity index (χ2n) is 6.16. The lowest BCUT2D eigenvalue weighted by Crippen LogP contribution is -2.00. The summed E-state index contributed by atoms with van der Waals surface area (Å²) in [6.07, 6.45) is 3.95. The first-order chi connectivity index (χ1) is 12.1. The average Bonchev–Trinajstić information content (AvgIpc) is 2.63. The van der Waals surface area contributed by atoms with Gasteiger partial charge in [0.25, 0.3) is 0 Å². The molecule has 0 atom stereocenters. The van der Waals surface area contributed by atoms with Crippen LogP contribution in [0, 0.1) is 5.82 Å². The predicted molar refractivity (Wildman–Crippen MR) is 112 cm³/mol. The Kier molecular flexibility index (Phi) is 5.63. The summed E-state index contributed by atoms with van der Waals surface area (Å²) in [7, 11) is 0. The van der Waals surface area contributed by atoms with Gasteiger partial charge in [0, 0.05) is 11.8 Å². The Balaban J connectivity index is 2.28. The molecule has 0 spiro atoms. The zero-order valence-corrected chi connectivity index (χ0v) is 16.4. The molecule has 3 aromatic rings. The highest BCUT2D eigenvalue weighted by Gasteiger charge is 2.17.